The number of hydrogen-bond acceptors (Lipinski definition) is 6. The number of nitrogens with zero attached hydrogens (tertiary/aromatic N) is 5. The number of rotatable bonds is 6. The largest absolute Gasteiger partial charge is 0.354 e. The Morgan fingerprint density at radius 2 is 1.79 bits per heavy atom. The lowest BCUT2D eigenvalue weighted by Gasteiger charge is -2.35. The van der Waals surface area contributed by atoms with E-state index in [1.165, 1.54) is 12.1 Å². The van der Waals surface area contributed by atoms with Crippen molar-refractivity contribution in [1.82, 2.24) is 14.9 Å². The Morgan fingerprint density at radius 1 is 1.14 bits per heavy atom. The zero-order valence-corrected chi connectivity index (χ0v) is 17.5. The Balaban J connectivity index is 1.57. The van der Waals surface area contributed by atoms with Crippen LogP contribution in [-0.4, -0.2) is 67.6 Å². The first-order valence-corrected chi connectivity index (χ1v) is 9.91. The lowest BCUT2D eigenvalue weighted by Crippen LogP contribution is -2.49. The molecule has 8 heteroatoms. The van der Waals surface area contributed by atoms with Gasteiger partial charge in [-0.3, -0.25) is 9.69 Å². The quantitative estimate of drug-likeness (QED) is 0.804. The Kier molecular flexibility index (Phi) is 6.64. The molecule has 29 heavy (non-hydrogen) atoms. The number of aromatic nitrogens is 2. The van der Waals surface area contributed by atoms with Gasteiger partial charge in [0.05, 0.1) is 12.2 Å². The Bertz CT molecular complexity index is 805. The summed E-state index contributed by atoms with van der Waals surface area (Å²) >= 11 is 0. The Labute approximate surface area is 171 Å². The molecule has 0 saturated carbocycles. The maximum atomic E-state index is 13.0. The van der Waals surface area contributed by atoms with E-state index in [1.807, 2.05) is 19.0 Å². The molecule has 1 fully saturated rings. The molecule has 1 aliphatic heterocycles. The van der Waals surface area contributed by atoms with Gasteiger partial charge in [0.25, 0.3) is 0 Å². The highest BCUT2D eigenvalue weighted by atomic mass is 19.1. The normalized spacial score (nSPS) is 14.9. The molecule has 1 amide bonds. The van der Waals surface area contributed by atoms with Crippen molar-refractivity contribution in [2.75, 3.05) is 61.9 Å². The molecule has 0 atom stereocenters. The van der Waals surface area contributed by atoms with Gasteiger partial charge in [-0.05, 0) is 30.2 Å². The van der Waals surface area contributed by atoms with Gasteiger partial charge in [-0.15, -0.1) is 0 Å². The van der Waals surface area contributed by atoms with E-state index in [9.17, 15) is 9.18 Å². The van der Waals surface area contributed by atoms with Gasteiger partial charge in [0.1, 0.15) is 11.6 Å². The number of carbonyl (C=O) groups excluding carboxylic acids is 1. The first-order valence-electron chi connectivity index (χ1n) is 9.91. The predicted octanol–water partition coefficient (Wildman–Crippen LogP) is 2.57. The van der Waals surface area contributed by atoms with Crippen molar-refractivity contribution < 1.29 is 9.18 Å². The molecule has 1 N–H and O–H groups in total. The van der Waals surface area contributed by atoms with Crippen molar-refractivity contribution in [3.63, 3.8) is 0 Å². The molecule has 156 valence electrons. The number of benzene rings is 1. The lowest BCUT2D eigenvalue weighted by atomic mass is 10.1. The lowest BCUT2D eigenvalue weighted by molar-refractivity contribution is -0.117. The molecule has 0 spiro atoms. The predicted molar refractivity (Wildman–Crippen MR) is 114 cm³/mol. The van der Waals surface area contributed by atoms with Gasteiger partial charge in [0.15, 0.2) is 0 Å². The summed E-state index contributed by atoms with van der Waals surface area (Å²) in [6.45, 7) is 7.71. The van der Waals surface area contributed by atoms with Crippen LogP contribution in [0.3, 0.4) is 0 Å². The first kappa shape index (κ1) is 21.0. The maximum Gasteiger partial charge on any atom is 0.238 e. The van der Waals surface area contributed by atoms with Crippen LogP contribution in [0.25, 0.3) is 0 Å². The molecule has 1 aromatic carbocycles. The second kappa shape index (κ2) is 9.17. The molecule has 1 saturated heterocycles. The molecular weight excluding hydrogens is 371 g/mol. The third kappa shape index (κ3) is 5.63. The van der Waals surface area contributed by atoms with E-state index in [-0.39, 0.29) is 11.7 Å². The summed E-state index contributed by atoms with van der Waals surface area (Å²) in [6, 6.07) is 7.87. The van der Waals surface area contributed by atoms with Crippen LogP contribution in [0.15, 0.2) is 30.3 Å². The minimum Gasteiger partial charge on any atom is -0.354 e. The fraction of sp³-hybridized carbons (Fsp3) is 0.476. The molecule has 3 rings (SSSR count). The molecule has 2 heterocycles. The highest BCUT2D eigenvalue weighted by Gasteiger charge is 2.21. The molecule has 7 nitrogen and oxygen atoms in total. The average molecular weight is 401 g/mol. The highest BCUT2D eigenvalue weighted by Crippen LogP contribution is 2.22. The number of piperazine rings is 1. The smallest absolute Gasteiger partial charge is 0.238 e. The van der Waals surface area contributed by atoms with Crippen molar-refractivity contribution in [1.29, 1.82) is 0 Å². The molecule has 0 aliphatic carbocycles. The Hall–Kier alpha value is -2.74. The van der Waals surface area contributed by atoms with Crippen molar-refractivity contribution in [2.45, 2.75) is 19.8 Å². The van der Waals surface area contributed by atoms with E-state index in [1.54, 1.807) is 12.1 Å². The molecule has 0 bridgehead atoms. The average Bonchev–Trinajstić information content (AvgIpc) is 2.70. The van der Waals surface area contributed by atoms with Crippen molar-refractivity contribution in [3.05, 3.63) is 41.8 Å². The van der Waals surface area contributed by atoms with Crippen LogP contribution >= 0.6 is 0 Å². The van der Waals surface area contributed by atoms with Crippen LogP contribution in [0.2, 0.25) is 0 Å². The van der Waals surface area contributed by atoms with Crippen LogP contribution in [0.5, 0.6) is 0 Å². The second-order valence-corrected chi connectivity index (χ2v) is 7.82. The minimum atomic E-state index is -0.318. The topological polar surface area (TPSA) is 64.6 Å². The number of amides is 1. The van der Waals surface area contributed by atoms with Crippen molar-refractivity contribution in [2.24, 2.45) is 0 Å². The summed E-state index contributed by atoms with van der Waals surface area (Å²) in [6.07, 6.45) is 0. The number of carbonyl (C=O) groups is 1. The van der Waals surface area contributed by atoms with Gasteiger partial charge in [-0.25, -0.2) is 9.37 Å². The fourth-order valence-corrected chi connectivity index (χ4v) is 3.17. The molecular formula is C21H29FN6O. The van der Waals surface area contributed by atoms with Gasteiger partial charge in [0, 0.05) is 52.0 Å². The third-order valence-electron chi connectivity index (χ3n) is 4.90. The highest BCUT2D eigenvalue weighted by molar-refractivity contribution is 5.92. The Morgan fingerprint density at radius 3 is 2.38 bits per heavy atom. The molecule has 0 radical (unpaired) electrons. The van der Waals surface area contributed by atoms with E-state index in [4.69, 9.17) is 4.98 Å². The monoisotopic (exact) mass is 400 g/mol. The number of anilines is 3. The zero-order valence-electron chi connectivity index (χ0n) is 17.5. The van der Waals surface area contributed by atoms with E-state index < -0.39 is 0 Å². The van der Waals surface area contributed by atoms with Gasteiger partial charge < -0.3 is 15.1 Å². The summed E-state index contributed by atoms with van der Waals surface area (Å²) < 4.78 is 13.0. The number of nitrogens with one attached hydrogen (secondary N) is 1. The third-order valence-corrected chi connectivity index (χ3v) is 4.90. The molecule has 2 aromatic rings. The number of hydrogen-bond donors (Lipinski definition) is 1. The standard InChI is InChI=1S/C21H29FN6O/c1-15(2)18-13-19(25-21(24-18)26(3)4)28-11-9-27(10-12-28)14-20(29)23-17-7-5-16(22)6-8-17/h5-8,13,15H,9-12,14H2,1-4H3,(H,23,29). The van der Waals surface area contributed by atoms with Crippen molar-refractivity contribution >= 4 is 23.4 Å². The van der Waals surface area contributed by atoms with Crippen LogP contribution < -0.4 is 15.1 Å². The van der Waals surface area contributed by atoms with Gasteiger partial charge in [-0.2, -0.15) is 4.98 Å². The molecule has 1 aliphatic rings. The van der Waals surface area contributed by atoms with E-state index in [0.29, 0.717) is 24.1 Å². The second-order valence-electron chi connectivity index (χ2n) is 7.82. The van der Waals surface area contributed by atoms with Crippen LogP contribution in [0, 0.1) is 5.82 Å². The zero-order chi connectivity index (χ0) is 21.0. The summed E-state index contributed by atoms with van der Waals surface area (Å²) in [5.74, 6) is 1.56. The SMILES string of the molecule is CC(C)c1cc(N2CCN(CC(=O)Nc3ccc(F)cc3)CC2)nc(N(C)C)n1. The maximum absolute atomic E-state index is 13.0. The van der Waals surface area contributed by atoms with Crippen LogP contribution in [0.4, 0.5) is 21.8 Å². The summed E-state index contributed by atoms with van der Waals surface area (Å²) in [5, 5.41) is 2.81. The summed E-state index contributed by atoms with van der Waals surface area (Å²) in [7, 11) is 3.89. The van der Waals surface area contributed by atoms with E-state index >= 15 is 0 Å². The van der Waals surface area contributed by atoms with Crippen molar-refractivity contribution in [3.8, 4) is 0 Å². The first-order chi connectivity index (χ1) is 13.8. The summed E-state index contributed by atoms with van der Waals surface area (Å²) in [4.78, 5) is 27.9. The minimum absolute atomic E-state index is 0.0934. The fourth-order valence-electron chi connectivity index (χ4n) is 3.17. The van der Waals surface area contributed by atoms with E-state index in [0.717, 1.165) is 37.7 Å². The van der Waals surface area contributed by atoms with Crippen LogP contribution in [0.1, 0.15) is 25.5 Å². The number of halogens is 1. The molecule has 1 aromatic heterocycles. The van der Waals surface area contributed by atoms with Gasteiger partial charge >= 0.3 is 0 Å². The van der Waals surface area contributed by atoms with E-state index in [2.05, 4.69) is 40.0 Å². The van der Waals surface area contributed by atoms with Gasteiger partial charge in [0.2, 0.25) is 11.9 Å². The van der Waals surface area contributed by atoms with Gasteiger partial charge in [-0.1, -0.05) is 13.8 Å². The van der Waals surface area contributed by atoms with Crippen LogP contribution in [-0.2, 0) is 4.79 Å². The summed E-state index contributed by atoms with van der Waals surface area (Å²) in [5.41, 5.74) is 1.63. The molecule has 0 unspecified atom stereocenters.